The number of carbonyl (C=O) groups excluding carboxylic acids is 2. The number of amides is 2. The van der Waals surface area contributed by atoms with E-state index in [1.54, 1.807) is 29.2 Å². The molecule has 0 radical (unpaired) electrons. The monoisotopic (exact) mass is 478 g/mol. The van der Waals surface area contributed by atoms with Crippen molar-refractivity contribution in [1.82, 2.24) is 10.2 Å². The van der Waals surface area contributed by atoms with Gasteiger partial charge in [-0.1, -0.05) is 104 Å². The highest BCUT2D eigenvalue weighted by molar-refractivity contribution is 6.32. The number of para-hydroxylation sites is 1. The molecule has 1 N–H and O–H groups in total. The molecule has 0 fully saturated rings. The van der Waals surface area contributed by atoms with Gasteiger partial charge in [0.1, 0.15) is 11.8 Å². The van der Waals surface area contributed by atoms with Crippen LogP contribution in [0.1, 0.15) is 43.4 Å². The van der Waals surface area contributed by atoms with Gasteiger partial charge in [-0.25, -0.2) is 0 Å². The Morgan fingerprint density at radius 3 is 2.24 bits per heavy atom. The second-order valence-electron chi connectivity index (χ2n) is 8.04. The van der Waals surface area contributed by atoms with Gasteiger partial charge in [0, 0.05) is 13.1 Å². The minimum Gasteiger partial charge on any atom is -0.482 e. The predicted octanol–water partition coefficient (Wildman–Crippen LogP) is 5.80. The maximum atomic E-state index is 13.5. The van der Waals surface area contributed by atoms with E-state index < -0.39 is 6.04 Å². The molecule has 0 aromatic heterocycles. The molecule has 6 heteroatoms. The largest absolute Gasteiger partial charge is 0.482 e. The van der Waals surface area contributed by atoms with Crippen LogP contribution in [0.15, 0.2) is 84.9 Å². The molecule has 0 aliphatic heterocycles. The number of carbonyl (C=O) groups is 2. The van der Waals surface area contributed by atoms with Crippen LogP contribution in [0.25, 0.3) is 0 Å². The molecular weight excluding hydrogens is 448 g/mol. The van der Waals surface area contributed by atoms with Gasteiger partial charge in [-0.2, -0.15) is 0 Å². The molecule has 5 nitrogen and oxygen atoms in total. The zero-order valence-electron chi connectivity index (χ0n) is 19.5. The van der Waals surface area contributed by atoms with Gasteiger partial charge in [0.2, 0.25) is 5.91 Å². The average molecular weight is 479 g/mol. The highest BCUT2D eigenvalue weighted by atomic mass is 35.5. The highest BCUT2D eigenvalue weighted by Gasteiger charge is 2.31. The highest BCUT2D eigenvalue weighted by Crippen LogP contribution is 2.26. The van der Waals surface area contributed by atoms with Crippen molar-refractivity contribution in [3.05, 3.63) is 101 Å². The molecule has 0 spiro atoms. The molecule has 178 valence electrons. The van der Waals surface area contributed by atoms with Crippen LogP contribution < -0.4 is 10.1 Å². The zero-order chi connectivity index (χ0) is 24.2. The van der Waals surface area contributed by atoms with Crippen molar-refractivity contribution in [1.29, 1.82) is 0 Å². The molecular formula is C28H31ClN2O3. The van der Waals surface area contributed by atoms with Crippen LogP contribution in [0.2, 0.25) is 5.02 Å². The lowest BCUT2D eigenvalue weighted by Gasteiger charge is -2.31. The van der Waals surface area contributed by atoms with Crippen molar-refractivity contribution in [3.8, 4) is 5.75 Å². The summed E-state index contributed by atoms with van der Waals surface area (Å²) in [7, 11) is 0. The third-order valence-corrected chi connectivity index (χ3v) is 5.77. The van der Waals surface area contributed by atoms with Gasteiger partial charge in [-0.3, -0.25) is 9.59 Å². The zero-order valence-corrected chi connectivity index (χ0v) is 20.2. The number of halogens is 1. The Balaban J connectivity index is 1.88. The van der Waals surface area contributed by atoms with Crippen LogP contribution >= 0.6 is 11.6 Å². The van der Waals surface area contributed by atoms with E-state index in [9.17, 15) is 9.59 Å². The third kappa shape index (κ3) is 7.35. The molecule has 0 bridgehead atoms. The Morgan fingerprint density at radius 1 is 0.912 bits per heavy atom. The molecule has 0 aliphatic rings. The second-order valence-corrected chi connectivity index (χ2v) is 8.44. The fraction of sp³-hybridized carbons (Fsp3) is 0.286. The molecule has 3 aromatic carbocycles. The van der Waals surface area contributed by atoms with Gasteiger partial charge >= 0.3 is 0 Å². The summed E-state index contributed by atoms with van der Waals surface area (Å²) in [6.07, 6.45) is 3.00. The second kappa shape index (κ2) is 13.4. The van der Waals surface area contributed by atoms with Crippen LogP contribution in [0.3, 0.4) is 0 Å². The predicted molar refractivity (Wildman–Crippen MR) is 136 cm³/mol. The van der Waals surface area contributed by atoms with E-state index in [4.69, 9.17) is 16.3 Å². The lowest BCUT2D eigenvalue weighted by molar-refractivity contribution is -0.143. The number of rotatable bonds is 12. The summed E-state index contributed by atoms with van der Waals surface area (Å²) >= 11 is 6.19. The number of ether oxygens (including phenoxy) is 1. The van der Waals surface area contributed by atoms with Gasteiger partial charge < -0.3 is 15.0 Å². The Kier molecular flexibility index (Phi) is 9.98. The first kappa shape index (κ1) is 25.3. The average Bonchev–Trinajstić information content (AvgIpc) is 2.87. The van der Waals surface area contributed by atoms with Crippen molar-refractivity contribution in [2.45, 2.75) is 38.8 Å². The third-order valence-electron chi connectivity index (χ3n) is 5.46. The van der Waals surface area contributed by atoms with Crippen molar-refractivity contribution in [2.75, 3.05) is 13.2 Å². The van der Waals surface area contributed by atoms with E-state index in [-0.39, 0.29) is 25.0 Å². The van der Waals surface area contributed by atoms with E-state index in [0.717, 1.165) is 30.4 Å². The summed E-state index contributed by atoms with van der Waals surface area (Å²) in [6.45, 7) is 2.73. The molecule has 0 saturated heterocycles. The van der Waals surface area contributed by atoms with Crippen LogP contribution in [-0.4, -0.2) is 29.9 Å². The first-order chi connectivity index (χ1) is 16.6. The Bertz CT molecular complexity index is 1040. The van der Waals surface area contributed by atoms with E-state index in [2.05, 4.69) is 12.2 Å². The Labute approximate surface area is 206 Å². The van der Waals surface area contributed by atoms with Gasteiger partial charge in [0.15, 0.2) is 6.61 Å². The van der Waals surface area contributed by atoms with Crippen LogP contribution in [-0.2, 0) is 16.1 Å². The summed E-state index contributed by atoms with van der Waals surface area (Å²) in [5.41, 5.74) is 1.67. The van der Waals surface area contributed by atoms with Gasteiger partial charge in [-0.05, 0) is 29.7 Å². The maximum Gasteiger partial charge on any atom is 0.261 e. The summed E-state index contributed by atoms with van der Waals surface area (Å²) < 4.78 is 5.74. The SMILES string of the molecule is CCCCCNC(=O)C(c1ccccc1)N(Cc1ccccc1)C(=O)COc1ccccc1Cl. The number of nitrogens with zero attached hydrogens (tertiary/aromatic N) is 1. The van der Waals surface area contributed by atoms with E-state index in [1.807, 2.05) is 60.7 Å². The number of unbranched alkanes of at least 4 members (excludes halogenated alkanes) is 2. The van der Waals surface area contributed by atoms with Crippen LogP contribution in [0, 0.1) is 0 Å². The minimum absolute atomic E-state index is 0.204. The molecule has 1 unspecified atom stereocenters. The summed E-state index contributed by atoms with van der Waals surface area (Å²) in [5.74, 6) is -0.0804. The summed E-state index contributed by atoms with van der Waals surface area (Å²) in [4.78, 5) is 28.5. The van der Waals surface area contributed by atoms with E-state index in [1.165, 1.54) is 0 Å². The summed E-state index contributed by atoms with van der Waals surface area (Å²) in [5, 5.41) is 3.45. The molecule has 3 aromatic rings. The van der Waals surface area contributed by atoms with Crippen LogP contribution in [0.4, 0.5) is 0 Å². The molecule has 34 heavy (non-hydrogen) atoms. The first-order valence-corrected chi connectivity index (χ1v) is 12.0. The normalized spacial score (nSPS) is 11.5. The van der Waals surface area contributed by atoms with E-state index in [0.29, 0.717) is 17.3 Å². The van der Waals surface area contributed by atoms with Crippen molar-refractivity contribution in [2.24, 2.45) is 0 Å². The number of hydrogen-bond acceptors (Lipinski definition) is 3. The van der Waals surface area contributed by atoms with E-state index >= 15 is 0 Å². The molecule has 0 aliphatic carbocycles. The molecule has 1 atom stereocenters. The topological polar surface area (TPSA) is 58.6 Å². The minimum atomic E-state index is -0.787. The van der Waals surface area contributed by atoms with Crippen molar-refractivity contribution < 1.29 is 14.3 Å². The lowest BCUT2D eigenvalue weighted by atomic mass is 10.0. The molecule has 0 saturated carbocycles. The van der Waals surface area contributed by atoms with Crippen molar-refractivity contribution >= 4 is 23.4 Å². The smallest absolute Gasteiger partial charge is 0.261 e. The molecule has 3 rings (SSSR count). The molecule has 0 heterocycles. The quantitative estimate of drug-likeness (QED) is 0.335. The van der Waals surface area contributed by atoms with Crippen molar-refractivity contribution in [3.63, 3.8) is 0 Å². The number of nitrogens with one attached hydrogen (secondary N) is 1. The van der Waals surface area contributed by atoms with Crippen LogP contribution in [0.5, 0.6) is 5.75 Å². The van der Waals surface area contributed by atoms with Gasteiger partial charge in [-0.15, -0.1) is 0 Å². The Morgan fingerprint density at radius 2 is 1.56 bits per heavy atom. The molecule has 2 amide bonds. The summed E-state index contributed by atoms with van der Waals surface area (Å²) in [6, 6.07) is 25.2. The standard InChI is InChI=1S/C28H31ClN2O3/c1-2-3-12-19-30-28(33)27(23-15-8-5-9-16-23)31(20-22-13-6-4-7-14-22)26(32)21-34-25-18-11-10-17-24(25)29/h4-11,13-18,27H,2-3,12,19-21H2,1H3,(H,30,33). The maximum absolute atomic E-state index is 13.5. The number of benzene rings is 3. The number of hydrogen-bond donors (Lipinski definition) is 1. The van der Waals surface area contributed by atoms with Gasteiger partial charge in [0.05, 0.1) is 5.02 Å². The van der Waals surface area contributed by atoms with Gasteiger partial charge in [0.25, 0.3) is 5.91 Å². The first-order valence-electron chi connectivity index (χ1n) is 11.6. The Hall–Kier alpha value is -3.31. The fourth-order valence-corrected chi connectivity index (χ4v) is 3.87. The lowest BCUT2D eigenvalue weighted by Crippen LogP contribution is -2.45. The fourth-order valence-electron chi connectivity index (χ4n) is 3.68.